The van der Waals surface area contributed by atoms with Gasteiger partial charge in [0.05, 0.1) is 12.9 Å². The summed E-state index contributed by atoms with van der Waals surface area (Å²) in [6.45, 7) is 4.90. The Morgan fingerprint density at radius 3 is 3.00 bits per heavy atom. The Morgan fingerprint density at radius 2 is 2.42 bits per heavy atom. The molecule has 0 atom stereocenters. The molecule has 0 amide bonds. The van der Waals surface area contributed by atoms with E-state index in [4.69, 9.17) is 9.15 Å². The summed E-state index contributed by atoms with van der Waals surface area (Å²) in [6.07, 6.45) is 2.28. The summed E-state index contributed by atoms with van der Waals surface area (Å²) in [5.41, 5.74) is 1.82. The SMILES string of the molecule is CCOCc1c(C)coc1C=O. The molecule has 0 bridgehead atoms. The molecular weight excluding hydrogens is 156 g/mol. The van der Waals surface area contributed by atoms with Gasteiger partial charge in [-0.05, 0) is 19.4 Å². The minimum absolute atomic E-state index is 0.376. The van der Waals surface area contributed by atoms with Crippen molar-refractivity contribution in [2.75, 3.05) is 6.61 Å². The second-order valence-corrected chi connectivity index (χ2v) is 2.52. The van der Waals surface area contributed by atoms with Gasteiger partial charge in [-0.25, -0.2) is 0 Å². The number of hydrogen-bond donors (Lipinski definition) is 0. The van der Waals surface area contributed by atoms with E-state index in [1.807, 2.05) is 13.8 Å². The number of aryl methyl sites for hydroxylation is 1. The molecule has 0 saturated heterocycles. The highest BCUT2D eigenvalue weighted by Crippen LogP contribution is 2.15. The van der Waals surface area contributed by atoms with Crippen LogP contribution in [0.1, 0.15) is 28.6 Å². The summed E-state index contributed by atoms with van der Waals surface area (Å²) in [4.78, 5) is 10.5. The molecule has 0 N–H and O–H groups in total. The largest absolute Gasteiger partial charge is 0.461 e. The first-order valence-electron chi connectivity index (χ1n) is 3.89. The molecule has 0 fully saturated rings. The molecule has 1 rings (SSSR count). The molecule has 0 aliphatic rings. The van der Waals surface area contributed by atoms with E-state index in [9.17, 15) is 4.79 Å². The molecule has 3 nitrogen and oxygen atoms in total. The molecule has 0 unspecified atom stereocenters. The Hall–Kier alpha value is -1.09. The van der Waals surface area contributed by atoms with Crippen LogP contribution in [0.4, 0.5) is 0 Å². The molecule has 0 saturated carbocycles. The van der Waals surface area contributed by atoms with Gasteiger partial charge < -0.3 is 9.15 Å². The van der Waals surface area contributed by atoms with Crippen molar-refractivity contribution < 1.29 is 13.9 Å². The third kappa shape index (κ3) is 1.74. The minimum atomic E-state index is 0.376. The standard InChI is InChI=1S/C9H12O3/c1-3-11-6-8-7(2)5-12-9(8)4-10/h4-5H,3,6H2,1-2H3. The molecule has 12 heavy (non-hydrogen) atoms. The maximum Gasteiger partial charge on any atom is 0.185 e. The van der Waals surface area contributed by atoms with Gasteiger partial charge in [0, 0.05) is 12.2 Å². The smallest absolute Gasteiger partial charge is 0.185 e. The molecule has 0 aliphatic carbocycles. The molecule has 0 radical (unpaired) electrons. The first kappa shape index (κ1) is 9.00. The fraction of sp³-hybridized carbons (Fsp3) is 0.444. The number of hydrogen-bond acceptors (Lipinski definition) is 3. The zero-order valence-corrected chi connectivity index (χ0v) is 7.29. The molecular formula is C9H12O3. The lowest BCUT2D eigenvalue weighted by Gasteiger charge is -1.99. The Balaban J connectivity index is 2.79. The second kappa shape index (κ2) is 4.07. The van der Waals surface area contributed by atoms with E-state index in [2.05, 4.69) is 0 Å². The molecule has 1 heterocycles. The van der Waals surface area contributed by atoms with Gasteiger partial charge in [0.15, 0.2) is 12.0 Å². The quantitative estimate of drug-likeness (QED) is 0.645. The van der Waals surface area contributed by atoms with Crippen molar-refractivity contribution in [2.45, 2.75) is 20.5 Å². The number of carbonyl (C=O) groups is 1. The van der Waals surface area contributed by atoms with Crippen molar-refractivity contribution in [3.63, 3.8) is 0 Å². The number of aldehydes is 1. The highest BCUT2D eigenvalue weighted by atomic mass is 16.5. The van der Waals surface area contributed by atoms with E-state index >= 15 is 0 Å². The zero-order chi connectivity index (χ0) is 8.97. The fourth-order valence-corrected chi connectivity index (χ4v) is 0.976. The monoisotopic (exact) mass is 168 g/mol. The van der Waals surface area contributed by atoms with Crippen LogP contribution >= 0.6 is 0 Å². The lowest BCUT2D eigenvalue weighted by Crippen LogP contribution is -1.95. The van der Waals surface area contributed by atoms with Crippen LogP contribution in [0.25, 0.3) is 0 Å². The number of rotatable bonds is 4. The van der Waals surface area contributed by atoms with E-state index in [-0.39, 0.29) is 0 Å². The van der Waals surface area contributed by atoms with Gasteiger partial charge in [0.1, 0.15) is 0 Å². The molecule has 1 aromatic heterocycles. The van der Waals surface area contributed by atoms with Crippen molar-refractivity contribution in [2.24, 2.45) is 0 Å². The molecule has 0 aliphatic heterocycles. The van der Waals surface area contributed by atoms with Crippen LogP contribution in [0.3, 0.4) is 0 Å². The maximum absolute atomic E-state index is 10.5. The third-order valence-corrected chi connectivity index (χ3v) is 1.69. The van der Waals surface area contributed by atoms with Gasteiger partial charge in [0.2, 0.25) is 0 Å². The summed E-state index contributed by atoms with van der Waals surface area (Å²) < 4.78 is 10.2. The van der Waals surface area contributed by atoms with Crippen LogP contribution in [-0.4, -0.2) is 12.9 Å². The molecule has 1 aromatic rings. The summed E-state index contributed by atoms with van der Waals surface area (Å²) in [7, 11) is 0. The van der Waals surface area contributed by atoms with E-state index in [0.717, 1.165) is 11.1 Å². The summed E-state index contributed by atoms with van der Waals surface area (Å²) >= 11 is 0. The van der Waals surface area contributed by atoms with Crippen molar-refractivity contribution >= 4 is 6.29 Å². The van der Waals surface area contributed by atoms with Crippen molar-refractivity contribution in [1.82, 2.24) is 0 Å². The predicted octanol–water partition coefficient (Wildman–Crippen LogP) is 1.94. The average Bonchev–Trinajstić information content (AvgIpc) is 2.43. The Kier molecular flexibility index (Phi) is 3.05. The Morgan fingerprint density at radius 1 is 1.67 bits per heavy atom. The predicted molar refractivity (Wildman–Crippen MR) is 44.2 cm³/mol. The van der Waals surface area contributed by atoms with Gasteiger partial charge in [-0.15, -0.1) is 0 Å². The Bertz CT molecular complexity index is 263. The van der Waals surface area contributed by atoms with Crippen molar-refractivity contribution in [3.05, 3.63) is 23.2 Å². The van der Waals surface area contributed by atoms with Crippen LogP contribution < -0.4 is 0 Å². The number of ether oxygens (including phenoxy) is 1. The third-order valence-electron chi connectivity index (χ3n) is 1.69. The van der Waals surface area contributed by atoms with Crippen molar-refractivity contribution in [1.29, 1.82) is 0 Å². The van der Waals surface area contributed by atoms with Gasteiger partial charge in [-0.3, -0.25) is 4.79 Å². The van der Waals surface area contributed by atoms with Gasteiger partial charge >= 0.3 is 0 Å². The van der Waals surface area contributed by atoms with Crippen LogP contribution in [0, 0.1) is 6.92 Å². The summed E-state index contributed by atoms with van der Waals surface area (Å²) in [5.74, 6) is 0.376. The highest BCUT2D eigenvalue weighted by molar-refractivity contribution is 5.73. The lowest BCUT2D eigenvalue weighted by atomic mass is 10.2. The average molecular weight is 168 g/mol. The first-order valence-corrected chi connectivity index (χ1v) is 3.89. The Labute approximate surface area is 71.3 Å². The number of furan rings is 1. The zero-order valence-electron chi connectivity index (χ0n) is 7.29. The van der Waals surface area contributed by atoms with E-state index in [0.29, 0.717) is 25.3 Å². The lowest BCUT2D eigenvalue weighted by molar-refractivity contribution is 0.108. The first-order chi connectivity index (χ1) is 5.79. The van der Waals surface area contributed by atoms with E-state index < -0.39 is 0 Å². The number of carbonyl (C=O) groups excluding carboxylic acids is 1. The normalized spacial score (nSPS) is 10.2. The van der Waals surface area contributed by atoms with Gasteiger partial charge in [0.25, 0.3) is 0 Å². The fourth-order valence-electron chi connectivity index (χ4n) is 0.976. The molecule has 66 valence electrons. The summed E-state index contributed by atoms with van der Waals surface area (Å²) in [6, 6.07) is 0. The van der Waals surface area contributed by atoms with Crippen LogP contribution in [-0.2, 0) is 11.3 Å². The van der Waals surface area contributed by atoms with Crippen LogP contribution in [0.2, 0.25) is 0 Å². The molecule has 0 aromatic carbocycles. The molecule has 0 spiro atoms. The van der Waals surface area contributed by atoms with Crippen LogP contribution in [0.5, 0.6) is 0 Å². The topological polar surface area (TPSA) is 39.4 Å². The maximum atomic E-state index is 10.5. The molecule has 3 heteroatoms. The second-order valence-electron chi connectivity index (χ2n) is 2.52. The van der Waals surface area contributed by atoms with Gasteiger partial charge in [-0.2, -0.15) is 0 Å². The minimum Gasteiger partial charge on any atom is -0.461 e. The van der Waals surface area contributed by atoms with Crippen LogP contribution in [0.15, 0.2) is 10.7 Å². The van der Waals surface area contributed by atoms with E-state index in [1.54, 1.807) is 6.26 Å². The summed E-state index contributed by atoms with van der Waals surface area (Å²) in [5, 5.41) is 0. The van der Waals surface area contributed by atoms with Gasteiger partial charge in [-0.1, -0.05) is 0 Å². The van der Waals surface area contributed by atoms with Crippen molar-refractivity contribution in [3.8, 4) is 0 Å². The highest BCUT2D eigenvalue weighted by Gasteiger charge is 2.08. The van der Waals surface area contributed by atoms with E-state index in [1.165, 1.54) is 0 Å².